The van der Waals surface area contributed by atoms with Gasteiger partial charge in [-0.3, -0.25) is 0 Å². The third kappa shape index (κ3) is 2.97. The van der Waals surface area contributed by atoms with E-state index in [0.717, 1.165) is 11.1 Å². The first-order chi connectivity index (χ1) is 12.6. The van der Waals surface area contributed by atoms with Crippen molar-refractivity contribution in [2.75, 3.05) is 5.32 Å². The summed E-state index contributed by atoms with van der Waals surface area (Å²) in [5.74, 6) is 0.521. The molecule has 0 aliphatic heterocycles. The first-order valence-corrected chi connectivity index (χ1v) is 8.18. The largest absolute Gasteiger partial charge is 0.352 e. The van der Waals surface area contributed by atoms with Gasteiger partial charge in [-0.15, -0.1) is 0 Å². The Hall–Kier alpha value is -3.42. The Kier molecular flexibility index (Phi) is 4.00. The van der Waals surface area contributed by atoms with Crippen molar-refractivity contribution in [2.24, 2.45) is 0 Å². The van der Waals surface area contributed by atoms with Crippen molar-refractivity contribution in [2.45, 2.75) is 19.9 Å². The van der Waals surface area contributed by atoms with Crippen LogP contribution in [-0.2, 0) is 0 Å². The van der Waals surface area contributed by atoms with Gasteiger partial charge in [0.2, 0.25) is 5.95 Å². The first kappa shape index (κ1) is 16.1. The fourth-order valence-electron chi connectivity index (χ4n) is 2.72. The van der Waals surface area contributed by atoms with E-state index in [4.69, 9.17) is 0 Å². The molecule has 26 heavy (non-hydrogen) atoms. The highest BCUT2D eigenvalue weighted by molar-refractivity contribution is 5.89. The van der Waals surface area contributed by atoms with Gasteiger partial charge in [0.1, 0.15) is 5.69 Å². The Morgan fingerprint density at radius 1 is 1.00 bits per heavy atom. The number of aromatic nitrogens is 6. The van der Waals surface area contributed by atoms with Gasteiger partial charge < -0.3 is 5.32 Å². The van der Waals surface area contributed by atoms with Crippen LogP contribution in [0, 0.1) is 6.08 Å². The lowest BCUT2D eigenvalue weighted by atomic mass is 10.1. The zero-order valence-electron chi connectivity index (χ0n) is 14.3. The van der Waals surface area contributed by atoms with E-state index in [9.17, 15) is 4.39 Å². The van der Waals surface area contributed by atoms with Gasteiger partial charge in [0.25, 0.3) is 0 Å². The number of halogens is 1. The van der Waals surface area contributed by atoms with Crippen molar-refractivity contribution in [3.8, 4) is 22.6 Å². The van der Waals surface area contributed by atoms with Crippen LogP contribution in [0.3, 0.4) is 0 Å². The molecule has 0 bridgehead atoms. The number of rotatable bonds is 4. The van der Waals surface area contributed by atoms with Gasteiger partial charge in [-0.2, -0.15) is 9.49 Å². The maximum absolute atomic E-state index is 13.6. The van der Waals surface area contributed by atoms with Crippen molar-refractivity contribution in [3.05, 3.63) is 55.0 Å². The molecule has 0 spiro atoms. The van der Waals surface area contributed by atoms with Gasteiger partial charge in [-0.1, -0.05) is 6.07 Å². The van der Waals surface area contributed by atoms with E-state index in [1.165, 1.54) is 6.20 Å². The van der Waals surface area contributed by atoms with E-state index >= 15 is 0 Å². The van der Waals surface area contributed by atoms with E-state index in [0.29, 0.717) is 23.0 Å². The summed E-state index contributed by atoms with van der Waals surface area (Å²) in [6.07, 6.45) is 4.09. The number of pyridine rings is 1. The van der Waals surface area contributed by atoms with Crippen LogP contribution >= 0.6 is 0 Å². The van der Waals surface area contributed by atoms with Crippen LogP contribution < -0.4 is 5.32 Å². The minimum Gasteiger partial charge on any atom is -0.352 e. The Morgan fingerprint density at radius 2 is 1.81 bits per heavy atom. The minimum atomic E-state index is -0.796. The maximum atomic E-state index is 13.6. The van der Waals surface area contributed by atoms with Crippen LogP contribution in [0.4, 0.5) is 10.3 Å². The molecule has 4 aromatic rings. The number of hydrogen-bond donors (Lipinski definition) is 1. The highest BCUT2D eigenvalue weighted by atomic mass is 19.1. The molecule has 0 saturated carbocycles. The lowest BCUT2D eigenvalue weighted by molar-refractivity contribution is 0.540. The quantitative estimate of drug-likeness (QED) is 0.570. The number of hydrogen-bond acceptors (Lipinski definition) is 6. The first-order valence-electron chi connectivity index (χ1n) is 8.18. The van der Waals surface area contributed by atoms with Crippen LogP contribution in [0.2, 0.25) is 0 Å². The summed E-state index contributed by atoms with van der Waals surface area (Å²) in [7, 11) is 0. The van der Waals surface area contributed by atoms with Crippen LogP contribution in [0.5, 0.6) is 0 Å². The van der Waals surface area contributed by atoms with Gasteiger partial charge in [0.15, 0.2) is 0 Å². The molecule has 8 heteroatoms. The minimum absolute atomic E-state index is 0.199. The molecule has 0 aromatic carbocycles. The van der Waals surface area contributed by atoms with E-state index < -0.39 is 6.08 Å². The lowest BCUT2D eigenvalue weighted by Gasteiger charge is -2.09. The van der Waals surface area contributed by atoms with Gasteiger partial charge in [0, 0.05) is 24.6 Å². The van der Waals surface area contributed by atoms with Crippen LogP contribution in [0.25, 0.3) is 28.2 Å². The number of fused-ring (bicyclic) bond motifs is 1. The monoisotopic (exact) mass is 349 g/mol. The Balaban J connectivity index is 1.95. The summed E-state index contributed by atoms with van der Waals surface area (Å²) >= 11 is 0. The van der Waals surface area contributed by atoms with Gasteiger partial charge in [-0.25, -0.2) is 24.5 Å². The molecule has 0 unspecified atom stereocenters. The molecule has 7 nitrogen and oxygen atoms in total. The summed E-state index contributed by atoms with van der Waals surface area (Å²) in [5.41, 5.74) is 3.21. The Morgan fingerprint density at radius 3 is 2.62 bits per heavy atom. The van der Waals surface area contributed by atoms with E-state index in [2.05, 4.69) is 30.4 Å². The normalized spacial score (nSPS) is 11.2. The van der Waals surface area contributed by atoms with Gasteiger partial charge >= 0.3 is 6.08 Å². The third-order valence-electron chi connectivity index (χ3n) is 3.74. The van der Waals surface area contributed by atoms with Crippen LogP contribution in [0.15, 0.2) is 48.9 Å². The molecule has 0 aliphatic carbocycles. The molecule has 4 aromatic heterocycles. The zero-order chi connectivity index (χ0) is 18.1. The highest BCUT2D eigenvalue weighted by Crippen LogP contribution is 2.33. The van der Waals surface area contributed by atoms with Crippen LogP contribution in [-0.4, -0.2) is 35.6 Å². The van der Waals surface area contributed by atoms with Gasteiger partial charge in [-0.05, 0) is 38.1 Å². The van der Waals surface area contributed by atoms with Crippen molar-refractivity contribution in [3.63, 3.8) is 0 Å². The lowest BCUT2D eigenvalue weighted by Crippen LogP contribution is -2.12. The summed E-state index contributed by atoms with van der Waals surface area (Å²) in [6, 6.07) is 9.35. The Bertz CT molecular complexity index is 1070. The summed E-state index contributed by atoms with van der Waals surface area (Å²) in [6.45, 7) is 4.03. The molecule has 1 N–H and O–H groups in total. The molecular weight excluding hydrogens is 333 g/mol. The molecule has 130 valence electrons. The fraction of sp³-hybridized carbons (Fsp3) is 0.167. The molecule has 0 atom stereocenters. The predicted molar refractivity (Wildman–Crippen MR) is 96.0 cm³/mol. The van der Waals surface area contributed by atoms with E-state index in [-0.39, 0.29) is 6.04 Å². The van der Waals surface area contributed by atoms with Crippen molar-refractivity contribution in [1.82, 2.24) is 29.5 Å². The van der Waals surface area contributed by atoms with Gasteiger partial charge in [0.05, 0.1) is 22.5 Å². The second kappa shape index (κ2) is 6.47. The topological polar surface area (TPSA) is 80.9 Å². The third-order valence-corrected chi connectivity index (χ3v) is 3.74. The summed E-state index contributed by atoms with van der Waals surface area (Å²) < 4.78 is 15.3. The number of anilines is 1. The Labute approximate surface area is 149 Å². The SMILES string of the molecule is CC(C)Nc1nccc(-c2c(-c3ccnc(F)n3)nn3ccccc23)n1. The van der Waals surface area contributed by atoms with E-state index in [1.54, 1.807) is 22.8 Å². The standard InChI is InChI=1S/C18H16FN7/c1-11(2)22-18-21-9-6-12(24-18)15-14-5-3-4-10-26(14)25-16(15)13-7-8-20-17(19)23-13/h3-11H,1-2H3,(H,21,22,24). The average Bonchev–Trinajstić information content (AvgIpc) is 3.01. The second-order valence-corrected chi connectivity index (χ2v) is 6.03. The molecular formula is C18H16FN7. The smallest absolute Gasteiger partial charge is 0.309 e. The maximum Gasteiger partial charge on any atom is 0.309 e. The molecule has 0 amide bonds. The predicted octanol–water partition coefficient (Wildman–Crippen LogP) is 3.21. The van der Waals surface area contributed by atoms with E-state index in [1.807, 2.05) is 38.2 Å². The molecule has 0 fully saturated rings. The summed E-state index contributed by atoms with van der Waals surface area (Å²) in [4.78, 5) is 16.3. The number of nitrogens with zero attached hydrogens (tertiary/aromatic N) is 6. The molecule has 0 aliphatic rings. The van der Waals surface area contributed by atoms with Crippen molar-refractivity contribution in [1.29, 1.82) is 0 Å². The molecule has 4 rings (SSSR count). The number of nitrogens with one attached hydrogen (secondary N) is 1. The zero-order valence-corrected chi connectivity index (χ0v) is 14.3. The molecule has 4 heterocycles. The highest BCUT2D eigenvalue weighted by Gasteiger charge is 2.19. The summed E-state index contributed by atoms with van der Waals surface area (Å²) in [5, 5.41) is 7.76. The fourth-order valence-corrected chi connectivity index (χ4v) is 2.72. The van der Waals surface area contributed by atoms with Crippen LogP contribution in [0.1, 0.15) is 13.8 Å². The second-order valence-electron chi connectivity index (χ2n) is 6.03. The molecule has 0 radical (unpaired) electrons. The van der Waals surface area contributed by atoms with Crippen molar-refractivity contribution >= 4 is 11.5 Å². The van der Waals surface area contributed by atoms with Crippen molar-refractivity contribution < 1.29 is 4.39 Å². The average molecular weight is 349 g/mol. The molecule has 0 saturated heterocycles.